The van der Waals surface area contributed by atoms with Gasteiger partial charge in [-0.15, -0.1) is 0 Å². The largest absolute Gasteiger partial charge is 0.394 e. The Morgan fingerprint density at radius 3 is 2.42 bits per heavy atom. The monoisotopic (exact) mass is 481 g/mol. The standard InChI is InChI=1S/C23H26ClF2N3O4/c24-17-11-14(1-6-18(17)26)23(32)27-12-19-21(22(31)20(13-30)33-19)29-9-7-28(8-10-29)16-4-2-15(25)3-5-16/h1-6,11,19-22,30-31H,7-10,12-13H2,(H,27,32)/t19-,20+,21+,22-/m1/s1. The number of halogens is 3. The second-order valence-corrected chi connectivity index (χ2v) is 8.62. The van der Waals surface area contributed by atoms with Crippen molar-refractivity contribution < 1.29 is 28.5 Å². The van der Waals surface area contributed by atoms with Crippen LogP contribution >= 0.6 is 11.6 Å². The van der Waals surface area contributed by atoms with E-state index in [0.29, 0.717) is 26.2 Å². The number of nitrogens with zero attached hydrogens (tertiary/aromatic N) is 2. The summed E-state index contributed by atoms with van der Waals surface area (Å²) in [5, 5.41) is 23.0. The van der Waals surface area contributed by atoms with Gasteiger partial charge in [-0.25, -0.2) is 8.78 Å². The second kappa shape index (κ2) is 10.3. The average Bonchev–Trinajstić information content (AvgIpc) is 3.15. The zero-order valence-electron chi connectivity index (χ0n) is 17.8. The first-order valence-electron chi connectivity index (χ1n) is 10.8. The topological polar surface area (TPSA) is 85.3 Å². The minimum Gasteiger partial charge on any atom is -0.394 e. The zero-order valence-corrected chi connectivity index (χ0v) is 18.6. The number of hydrogen-bond donors (Lipinski definition) is 3. The molecule has 2 heterocycles. The molecule has 2 fully saturated rings. The molecule has 0 aliphatic carbocycles. The maximum absolute atomic E-state index is 13.4. The van der Waals surface area contributed by atoms with Crippen molar-refractivity contribution in [3.63, 3.8) is 0 Å². The molecular formula is C23H26ClF2N3O4. The highest BCUT2D eigenvalue weighted by atomic mass is 35.5. The zero-order chi connectivity index (χ0) is 23.5. The fourth-order valence-electron chi connectivity index (χ4n) is 4.46. The van der Waals surface area contributed by atoms with E-state index in [2.05, 4.69) is 15.1 Å². The number of benzene rings is 2. The number of nitrogens with one attached hydrogen (secondary N) is 1. The second-order valence-electron chi connectivity index (χ2n) is 8.22. The van der Waals surface area contributed by atoms with E-state index in [0.717, 1.165) is 11.8 Å². The number of amides is 1. The Balaban J connectivity index is 1.39. The molecule has 2 aromatic rings. The number of hydrogen-bond acceptors (Lipinski definition) is 6. The van der Waals surface area contributed by atoms with Crippen molar-refractivity contribution in [3.8, 4) is 0 Å². The van der Waals surface area contributed by atoms with Crippen molar-refractivity contribution in [2.24, 2.45) is 0 Å². The van der Waals surface area contributed by atoms with Gasteiger partial charge in [0, 0.05) is 44.0 Å². The van der Waals surface area contributed by atoms with Crippen molar-refractivity contribution in [3.05, 3.63) is 64.7 Å². The Morgan fingerprint density at radius 1 is 1.09 bits per heavy atom. The molecule has 0 aromatic heterocycles. The van der Waals surface area contributed by atoms with Gasteiger partial charge in [-0.05, 0) is 42.5 Å². The van der Waals surface area contributed by atoms with Gasteiger partial charge in [0.2, 0.25) is 0 Å². The lowest BCUT2D eigenvalue weighted by Crippen LogP contribution is -2.57. The molecule has 33 heavy (non-hydrogen) atoms. The molecule has 1 amide bonds. The van der Waals surface area contributed by atoms with Gasteiger partial charge in [-0.1, -0.05) is 11.6 Å². The van der Waals surface area contributed by atoms with Crippen molar-refractivity contribution >= 4 is 23.2 Å². The Labute approximate surface area is 195 Å². The lowest BCUT2D eigenvalue weighted by molar-refractivity contribution is -0.0209. The molecule has 3 N–H and O–H groups in total. The molecule has 2 aromatic carbocycles. The van der Waals surface area contributed by atoms with Crippen LogP contribution in [0.3, 0.4) is 0 Å². The Kier molecular flexibility index (Phi) is 7.45. The van der Waals surface area contributed by atoms with E-state index in [-0.39, 0.29) is 29.6 Å². The first kappa shape index (κ1) is 23.8. The molecule has 2 saturated heterocycles. The maximum atomic E-state index is 13.4. The van der Waals surface area contributed by atoms with Crippen LogP contribution in [0, 0.1) is 11.6 Å². The highest BCUT2D eigenvalue weighted by Crippen LogP contribution is 2.28. The molecule has 0 radical (unpaired) electrons. The van der Waals surface area contributed by atoms with Crippen molar-refractivity contribution in [1.82, 2.24) is 10.2 Å². The summed E-state index contributed by atoms with van der Waals surface area (Å²) < 4.78 is 32.4. The van der Waals surface area contributed by atoms with E-state index < -0.39 is 36.1 Å². The Bertz CT molecular complexity index is 973. The third-order valence-corrected chi connectivity index (χ3v) is 6.50. The summed E-state index contributed by atoms with van der Waals surface area (Å²) in [6.07, 6.45) is -2.23. The minimum atomic E-state index is -0.922. The van der Waals surface area contributed by atoms with Crippen LogP contribution in [-0.2, 0) is 4.74 Å². The number of piperazine rings is 1. The fourth-order valence-corrected chi connectivity index (χ4v) is 4.64. The minimum absolute atomic E-state index is 0.101. The van der Waals surface area contributed by atoms with Crippen molar-refractivity contribution in [2.45, 2.75) is 24.4 Å². The normalized spacial score (nSPS) is 25.9. The van der Waals surface area contributed by atoms with Crippen LogP contribution in [0.25, 0.3) is 0 Å². The van der Waals surface area contributed by atoms with Gasteiger partial charge in [-0.2, -0.15) is 0 Å². The number of carbonyl (C=O) groups excluding carboxylic acids is 1. The number of aliphatic hydroxyl groups is 2. The number of ether oxygens (including phenoxy) is 1. The summed E-state index contributed by atoms with van der Waals surface area (Å²) in [4.78, 5) is 16.7. The van der Waals surface area contributed by atoms with Gasteiger partial charge in [0.15, 0.2) is 0 Å². The average molecular weight is 482 g/mol. The third-order valence-electron chi connectivity index (χ3n) is 6.21. The number of carbonyl (C=O) groups is 1. The van der Waals surface area contributed by atoms with Crippen LogP contribution < -0.4 is 10.2 Å². The Morgan fingerprint density at radius 2 is 1.79 bits per heavy atom. The number of rotatable bonds is 6. The molecule has 0 unspecified atom stereocenters. The van der Waals surface area contributed by atoms with E-state index in [1.54, 1.807) is 12.1 Å². The Hall–Kier alpha value is -2.30. The van der Waals surface area contributed by atoms with Gasteiger partial charge in [0.1, 0.15) is 23.8 Å². The molecule has 178 valence electrons. The van der Waals surface area contributed by atoms with Crippen molar-refractivity contribution in [2.75, 3.05) is 44.2 Å². The molecular weight excluding hydrogens is 456 g/mol. The summed E-state index contributed by atoms with van der Waals surface area (Å²) >= 11 is 5.76. The van der Waals surface area contributed by atoms with E-state index in [1.807, 2.05) is 0 Å². The summed E-state index contributed by atoms with van der Waals surface area (Å²) in [6, 6.07) is 9.61. The first-order chi connectivity index (χ1) is 15.9. The van der Waals surface area contributed by atoms with Gasteiger partial charge < -0.3 is 25.2 Å². The quantitative estimate of drug-likeness (QED) is 0.582. The van der Waals surface area contributed by atoms with Gasteiger partial charge >= 0.3 is 0 Å². The number of aliphatic hydroxyl groups excluding tert-OH is 2. The van der Waals surface area contributed by atoms with E-state index in [1.165, 1.54) is 24.3 Å². The van der Waals surface area contributed by atoms with Crippen LogP contribution in [0.4, 0.5) is 14.5 Å². The molecule has 2 aliphatic rings. The molecule has 4 rings (SSSR count). The molecule has 7 nitrogen and oxygen atoms in total. The lowest BCUT2D eigenvalue weighted by atomic mass is 10.0. The predicted molar refractivity (Wildman–Crippen MR) is 119 cm³/mol. The fraction of sp³-hybridized carbons (Fsp3) is 0.435. The summed E-state index contributed by atoms with van der Waals surface area (Å²) in [7, 11) is 0. The van der Waals surface area contributed by atoms with E-state index in [9.17, 15) is 23.8 Å². The molecule has 0 spiro atoms. The molecule has 0 saturated carbocycles. The molecule has 0 bridgehead atoms. The highest BCUT2D eigenvalue weighted by Gasteiger charge is 2.46. The van der Waals surface area contributed by atoms with Gasteiger partial charge in [0.05, 0.1) is 23.8 Å². The first-order valence-corrected chi connectivity index (χ1v) is 11.2. The van der Waals surface area contributed by atoms with Crippen LogP contribution in [0.1, 0.15) is 10.4 Å². The van der Waals surface area contributed by atoms with Crippen LogP contribution in [0.15, 0.2) is 42.5 Å². The van der Waals surface area contributed by atoms with Crippen LogP contribution in [0.2, 0.25) is 5.02 Å². The summed E-state index contributed by atoms with van der Waals surface area (Å²) in [5.41, 5.74) is 1.14. The van der Waals surface area contributed by atoms with Crippen molar-refractivity contribution in [1.29, 1.82) is 0 Å². The third kappa shape index (κ3) is 5.28. The smallest absolute Gasteiger partial charge is 0.251 e. The van der Waals surface area contributed by atoms with E-state index >= 15 is 0 Å². The lowest BCUT2D eigenvalue weighted by Gasteiger charge is -2.41. The van der Waals surface area contributed by atoms with Crippen LogP contribution in [-0.4, -0.2) is 84.7 Å². The SMILES string of the molecule is O=C(NC[C@H]1O[C@@H](CO)[C@@H](O)[C@H]1N1CCN(c2ccc(F)cc2)CC1)c1ccc(F)c(Cl)c1. The van der Waals surface area contributed by atoms with E-state index in [4.69, 9.17) is 16.3 Å². The highest BCUT2D eigenvalue weighted by molar-refractivity contribution is 6.31. The molecule has 2 aliphatic heterocycles. The van der Waals surface area contributed by atoms with Crippen LogP contribution in [0.5, 0.6) is 0 Å². The molecule has 4 atom stereocenters. The molecule has 10 heteroatoms. The summed E-state index contributed by atoms with van der Waals surface area (Å²) in [6.45, 7) is 2.35. The number of anilines is 1. The van der Waals surface area contributed by atoms with Gasteiger partial charge in [-0.3, -0.25) is 9.69 Å². The van der Waals surface area contributed by atoms with Gasteiger partial charge in [0.25, 0.3) is 5.91 Å². The maximum Gasteiger partial charge on any atom is 0.251 e. The summed E-state index contributed by atoms with van der Waals surface area (Å²) in [5.74, 6) is -1.34. The predicted octanol–water partition coefficient (Wildman–Crippen LogP) is 1.66.